The largest absolute Gasteiger partial charge is 0.573 e. The van der Waals surface area contributed by atoms with Crippen molar-refractivity contribution in [2.24, 2.45) is 11.3 Å². The minimum atomic E-state index is -5.08. The number of anilines is 1. The van der Waals surface area contributed by atoms with Crippen LogP contribution >= 0.6 is 11.6 Å². The van der Waals surface area contributed by atoms with Crippen LogP contribution in [-0.4, -0.2) is 37.2 Å². The summed E-state index contributed by atoms with van der Waals surface area (Å²) in [7, 11) is 0. The Morgan fingerprint density at radius 3 is 2.36 bits per heavy atom. The molecule has 3 aromatic carbocycles. The summed E-state index contributed by atoms with van der Waals surface area (Å²) in [6, 6.07) is 13.2. The molecule has 1 N–H and O–H groups in total. The SMILES string of the molecule is C[C@@]12C(=O)N(c3ccc(F)c(Cl)c3)C(=O)[C@@H]1C[C@@H]1C(=CCn3c(=O)n(-c4ccccc4)c(=O)n31)[C@@H]2c1cc(OC(F)(F)F)ccc1O. The van der Waals surface area contributed by atoms with Crippen molar-refractivity contribution in [3.8, 4) is 17.2 Å². The van der Waals surface area contributed by atoms with E-state index in [-0.39, 0.29) is 34.9 Å². The number of phenolic OH excluding ortho intramolecular Hbond substituents is 1. The van der Waals surface area contributed by atoms with E-state index in [4.69, 9.17) is 11.6 Å². The van der Waals surface area contributed by atoms with Crippen molar-refractivity contribution >= 4 is 29.1 Å². The molecule has 0 radical (unpaired) electrons. The molecule has 15 heteroatoms. The number of phenols is 1. The summed E-state index contributed by atoms with van der Waals surface area (Å²) in [6.45, 7) is 1.30. The van der Waals surface area contributed by atoms with Gasteiger partial charge in [-0.1, -0.05) is 35.9 Å². The average molecular weight is 671 g/mol. The Balaban J connectivity index is 1.45. The van der Waals surface area contributed by atoms with Gasteiger partial charge in [0, 0.05) is 11.5 Å². The number of hydrogen-bond acceptors (Lipinski definition) is 6. The maximum Gasteiger partial charge on any atom is 0.573 e. The average Bonchev–Trinajstić information content (AvgIpc) is 3.39. The molecule has 2 aliphatic heterocycles. The summed E-state index contributed by atoms with van der Waals surface area (Å²) in [5.74, 6) is -5.99. The summed E-state index contributed by atoms with van der Waals surface area (Å²) < 4.78 is 61.3. The number of halogens is 5. The van der Waals surface area contributed by atoms with Crippen molar-refractivity contribution in [2.45, 2.75) is 38.2 Å². The van der Waals surface area contributed by atoms with Gasteiger partial charge in [0.15, 0.2) is 0 Å². The topological polar surface area (TPSA) is 116 Å². The number of amides is 2. The molecule has 242 valence electrons. The van der Waals surface area contributed by atoms with Gasteiger partial charge in [-0.3, -0.25) is 9.59 Å². The van der Waals surface area contributed by atoms with Crippen LogP contribution in [0.5, 0.6) is 11.5 Å². The molecule has 0 bridgehead atoms. The fourth-order valence-corrected chi connectivity index (χ4v) is 7.43. The number of nitrogens with zero attached hydrogens (tertiary/aromatic N) is 4. The molecule has 1 aromatic heterocycles. The highest BCUT2D eigenvalue weighted by atomic mass is 35.5. The molecule has 7 rings (SSSR count). The van der Waals surface area contributed by atoms with E-state index < -0.39 is 70.2 Å². The van der Waals surface area contributed by atoms with Gasteiger partial charge in [-0.15, -0.1) is 13.2 Å². The number of ether oxygens (including phenoxy) is 1. The van der Waals surface area contributed by atoms with Gasteiger partial charge >= 0.3 is 17.7 Å². The number of carbonyl (C=O) groups is 2. The second-order valence-electron chi connectivity index (χ2n) is 11.7. The quantitative estimate of drug-likeness (QED) is 0.184. The first-order valence-electron chi connectivity index (χ1n) is 14.3. The van der Waals surface area contributed by atoms with Crippen LogP contribution in [0.2, 0.25) is 5.02 Å². The Hall–Kier alpha value is -5.11. The van der Waals surface area contributed by atoms with Crippen LogP contribution in [0.4, 0.5) is 23.2 Å². The number of alkyl halides is 3. The van der Waals surface area contributed by atoms with E-state index in [9.17, 15) is 41.8 Å². The standard InChI is InChI=1S/C32H23ClF4N4O6/c1-31-21(27(43)39(28(31)44)17-7-9-23(34)22(33)13-17)15-24-19(26(31)20-14-18(8-10-25(20)42)47-32(35,36)37)11-12-38-29(45)40(30(46)41(24)38)16-5-3-2-4-6-16/h2-11,13-14,21,24,26,42H,12,15H2,1H3/t21-,24+,26+,31+/m0/s1. The van der Waals surface area contributed by atoms with E-state index >= 15 is 0 Å². The van der Waals surface area contributed by atoms with Gasteiger partial charge in [-0.05, 0) is 67.4 Å². The lowest BCUT2D eigenvalue weighted by Gasteiger charge is -2.47. The third-order valence-corrected chi connectivity index (χ3v) is 9.55. The van der Waals surface area contributed by atoms with Crippen molar-refractivity contribution in [2.75, 3.05) is 4.90 Å². The Bertz CT molecular complexity index is 2140. The molecule has 1 aliphatic carbocycles. The van der Waals surface area contributed by atoms with Gasteiger partial charge in [0.25, 0.3) is 0 Å². The minimum absolute atomic E-state index is 0.0413. The summed E-state index contributed by atoms with van der Waals surface area (Å²) in [4.78, 5) is 56.9. The van der Waals surface area contributed by atoms with Crippen molar-refractivity contribution in [3.63, 3.8) is 0 Å². The van der Waals surface area contributed by atoms with Crippen molar-refractivity contribution < 1.29 is 37.0 Å². The van der Waals surface area contributed by atoms with Gasteiger partial charge in [-0.25, -0.2) is 32.8 Å². The molecule has 4 atom stereocenters. The lowest BCUT2D eigenvalue weighted by molar-refractivity contribution is -0.274. The normalized spacial score (nSPS) is 23.7. The van der Waals surface area contributed by atoms with Crippen molar-refractivity contribution in [1.82, 2.24) is 13.9 Å². The smallest absolute Gasteiger partial charge is 0.508 e. The monoisotopic (exact) mass is 670 g/mol. The van der Waals surface area contributed by atoms with Crippen LogP contribution in [0.1, 0.15) is 30.9 Å². The first-order valence-corrected chi connectivity index (χ1v) is 14.7. The van der Waals surface area contributed by atoms with Gasteiger partial charge in [0.2, 0.25) is 11.8 Å². The van der Waals surface area contributed by atoms with Crippen LogP contribution in [0.25, 0.3) is 5.69 Å². The number of allylic oxidation sites excluding steroid dienone is 2. The Morgan fingerprint density at radius 2 is 1.68 bits per heavy atom. The molecular formula is C32H23ClF4N4O6. The van der Waals surface area contributed by atoms with Crippen LogP contribution in [0, 0.1) is 17.2 Å². The zero-order valence-corrected chi connectivity index (χ0v) is 25.0. The second kappa shape index (κ2) is 10.5. The van der Waals surface area contributed by atoms with Gasteiger partial charge in [0.1, 0.15) is 17.3 Å². The third kappa shape index (κ3) is 4.53. The molecule has 2 fully saturated rings. The van der Waals surface area contributed by atoms with Crippen LogP contribution in [-0.2, 0) is 16.1 Å². The molecule has 3 heterocycles. The summed E-state index contributed by atoms with van der Waals surface area (Å²) in [5, 5.41) is 10.7. The van der Waals surface area contributed by atoms with Gasteiger partial charge in [0.05, 0.1) is 40.3 Å². The Labute approximate surface area is 267 Å². The predicted octanol–water partition coefficient (Wildman–Crippen LogP) is 5.06. The molecule has 2 amide bonds. The van der Waals surface area contributed by atoms with E-state index in [2.05, 4.69) is 4.74 Å². The number of rotatable bonds is 4. The first-order chi connectivity index (χ1) is 22.2. The number of imide groups is 1. The fraction of sp³-hybridized carbons (Fsp3) is 0.250. The number of carbonyl (C=O) groups excluding carboxylic acids is 2. The summed E-state index contributed by atoms with van der Waals surface area (Å²) in [6.07, 6.45) is -3.66. The zero-order valence-electron chi connectivity index (χ0n) is 24.2. The molecular weight excluding hydrogens is 648 g/mol. The van der Waals surface area contributed by atoms with Crippen LogP contribution < -0.4 is 21.0 Å². The molecule has 0 unspecified atom stereocenters. The summed E-state index contributed by atoms with van der Waals surface area (Å²) in [5.41, 5.74) is -2.73. The highest BCUT2D eigenvalue weighted by molar-refractivity contribution is 6.31. The zero-order chi connectivity index (χ0) is 33.6. The fourth-order valence-electron chi connectivity index (χ4n) is 7.25. The van der Waals surface area contributed by atoms with Crippen molar-refractivity contribution in [1.29, 1.82) is 0 Å². The number of benzene rings is 3. The van der Waals surface area contributed by atoms with Gasteiger partial charge in [-0.2, -0.15) is 0 Å². The molecule has 1 saturated heterocycles. The number of para-hydroxylation sites is 1. The lowest BCUT2D eigenvalue weighted by Crippen LogP contribution is -2.49. The number of aromatic hydroxyl groups is 1. The molecule has 47 heavy (non-hydrogen) atoms. The van der Waals surface area contributed by atoms with Crippen molar-refractivity contribution in [3.05, 3.63) is 116 Å². The first kappa shape index (κ1) is 30.5. The van der Waals surface area contributed by atoms with Crippen LogP contribution in [0.3, 0.4) is 0 Å². The third-order valence-electron chi connectivity index (χ3n) is 9.26. The number of aromatic nitrogens is 3. The summed E-state index contributed by atoms with van der Waals surface area (Å²) >= 11 is 5.99. The molecule has 4 aromatic rings. The van der Waals surface area contributed by atoms with E-state index in [1.807, 2.05) is 0 Å². The number of fused-ring (bicyclic) bond motifs is 4. The van der Waals surface area contributed by atoms with E-state index in [1.165, 1.54) is 22.4 Å². The lowest BCUT2D eigenvalue weighted by atomic mass is 9.56. The Morgan fingerprint density at radius 1 is 0.957 bits per heavy atom. The molecule has 3 aliphatic rings. The number of hydrogen-bond donors (Lipinski definition) is 1. The van der Waals surface area contributed by atoms with E-state index in [1.54, 1.807) is 36.4 Å². The molecule has 0 spiro atoms. The minimum Gasteiger partial charge on any atom is -0.508 e. The van der Waals surface area contributed by atoms with Crippen LogP contribution in [0.15, 0.2) is 88.0 Å². The van der Waals surface area contributed by atoms with Gasteiger partial charge < -0.3 is 9.84 Å². The second-order valence-corrected chi connectivity index (χ2v) is 12.1. The highest BCUT2D eigenvalue weighted by Gasteiger charge is 2.66. The molecule has 10 nitrogen and oxygen atoms in total. The van der Waals surface area contributed by atoms with E-state index in [0.29, 0.717) is 5.57 Å². The predicted molar refractivity (Wildman–Crippen MR) is 159 cm³/mol. The highest BCUT2D eigenvalue weighted by Crippen LogP contribution is 2.62. The Kier molecular flexibility index (Phi) is 6.79. The van der Waals surface area contributed by atoms with E-state index in [0.717, 1.165) is 39.8 Å². The molecule has 1 saturated carbocycles. The maximum absolute atomic E-state index is 14.4. The maximum atomic E-state index is 14.4.